The lowest BCUT2D eigenvalue weighted by Gasteiger charge is -2.29. The molecule has 1 heterocycles. The Bertz CT molecular complexity index is 986. The molecule has 0 fully saturated rings. The number of fused-ring (bicyclic) bond motifs is 1. The van der Waals surface area contributed by atoms with E-state index in [1.165, 1.54) is 6.07 Å². The van der Waals surface area contributed by atoms with E-state index < -0.39 is 16.9 Å². The molecule has 3 N–H and O–H groups in total. The summed E-state index contributed by atoms with van der Waals surface area (Å²) in [7, 11) is 0. The summed E-state index contributed by atoms with van der Waals surface area (Å²) in [6.07, 6.45) is -0.839. The van der Waals surface area contributed by atoms with Gasteiger partial charge in [-0.2, -0.15) is 0 Å². The molecule has 150 valence electrons. The Labute approximate surface area is 178 Å². The van der Waals surface area contributed by atoms with Crippen molar-refractivity contribution in [1.82, 2.24) is 0 Å². The van der Waals surface area contributed by atoms with Crippen LogP contribution in [0.15, 0.2) is 72.8 Å². The van der Waals surface area contributed by atoms with E-state index in [9.17, 15) is 15.5 Å². The van der Waals surface area contributed by atoms with Gasteiger partial charge in [-0.1, -0.05) is 60.7 Å². The second-order valence-electron chi connectivity index (χ2n) is 6.96. The van der Waals surface area contributed by atoms with Crippen LogP contribution in [0, 0.1) is 5.21 Å². The van der Waals surface area contributed by atoms with Crippen LogP contribution < -0.4 is 10.5 Å². The fourth-order valence-electron chi connectivity index (χ4n) is 3.69. The van der Waals surface area contributed by atoms with E-state index in [2.05, 4.69) is 5.32 Å². The number of rotatable bonds is 5. The van der Waals surface area contributed by atoms with E-state index in [1.807, 2.05) is 60.7 Å². The van der Waals surface area contributed by atoms with Crippen molar-refractivity contribution in [1.29, 1.82) is 0 Å². The zero-order valence-electron chi connectivity index (χ0n) is 15.2. The minimum atomic E-state index is -0.839. The standard InChI is InChI=1S/C22H19Cl2N2O3/c23-19(13-7-3-1-4-8-13)20(24)16-11-15-17(12-18(16)26(28)29)25-21(22(15)27)14-9-5-2-6-10-14/h1-12,19-22,25,27-28H/q-1/t19-,20+,21-,22-/m1/s1. The van der Waals surface area contributed by atoms with Gasteiger partial charge in [0.2, 0.25) is 0 Å². The van der Waals surface area contributed by atoms with Crippen molar-refractivity contribution in [3.8, 4) is 0 Å². The van der Waals surface area contributed by atoms with Crippen LogP contribution >= 0.6 is 23.2 Å². The first-order valence-corrected chi connectivity index (χ1v) is 10.0. The van der Waals surface area contributed by atoms with Crippen LogP contribution in [0.2, 0.25) is 0 Å². The molecule has 0 aromatic heterocycles. The van der Waals surface area contributed by atoms with E-state index in [-0.39, 0.29) is 17.0 Å². The van der Waals surface area contributed by atoms with Crippen molar-refractivity contribution in [3.05, 3.63) is 100 Å². The Kier molecular flexibility index (Phi) is 5.67. The molecule has 0 unspecified atom stereocenters. The van der Waals surface area contributed by atoms with Crippen LogP contribution in [-0.2, 0) is 0 Å². The van der Waals surface area contributed by atoms with Crippen LogP contribution in [0.5, 0.6) is 0 Å². The molecule has 0 saturated heterocycles. The summed E-state index contributed by atoms with van der Waals surface area (Å²) >= 11 is 13.2. The maximum absolute atomic E-state index is 11.8. The van der Waals surface area contributed by atoms with Gasteiger partial charge in [0, 0.05) is 11.3 Å². The van der Waals surface area contributed by atoms with Crippen molar-refractivity contribution in [2.24, 2.45) is 0 Å². The average Bonchev–Trinajstić information content (AvgIpc) is 3.08. The molecular weight excluding hydrogens is 411 g/mol. The van der Waals surface area contributed by atoms with Crippen LogP contribution in [0.4, 0.5) is 11.4 Å². The number of aliphatic hydroxyl groups excluding tert-OH is 1. The quantitative estimate of drug-likeness (QED) is 0.350. The second-order valence-corrected chi connectivity index (χ2v) is 7.90. The van der Waals surface area contributed by atoms with E-state index >= 15 is 0 Å². The Morgan fingerprint density at radius 1 is 0.931 bits per heavy atom. The predicted molar refractivity (Wildman–Crippen MR) is 115 cm³/mol. The van der Waals surface area contributed by atoms with Crippen molar-refractivity contribution >= 4 is 34.6 Å². The van der Waals surface area contributed by atoms with E-state index in [1.54, 1.807) is 6.07 Å². The SMILES string of the molecule is [O-]N(O)c1cc2c(cc1[C@H](Cl)[C@H](Cl)c1ccccc1)[C@@H](O)[C@@H](c1ccccc1)N2. The molecule has 29 heavy (non-hydrogen) atoms. The Balaban J connectivity index is 1.73. The minimum absolute atomic E-state index is 0.0151. The molecule has 4 atom stereocenters. The summed E-state index contributed by atoms with van der Waals surface area (Å²) in [6.45, 7) is 0. The molecule has 7 heteroatoms. The van der Waals surface area contributed by atoms with Gasteiger partial charge in [0.15, 0.2) is 0 Å². The van der Waals surface area contributed by atoms with Crippen LogP contribution in [-0.4, -0.2) is 10.3 Å². The first kappa shape index (κ1) is 20.0. The summed E-state index contributed by atoms with van der Waals surface area (Å²) in [4.78, 5) is 0. The third-order valence-corrected chi connectivity index (χ3v) is 6.30. The van der Waals surface area contributed by atoms with Crippen LogP contribution in [0.25, 0.3) is 0 Å². The maximum Gasteiger partial charge on any atom is 0.105 e. The number of benzene rings is 3. The molecule has 0 radical (unpaired) electrons. The molecule has 0 aliphatic carbocycles. The van der Waals surface area contributed by atoms with Gasteiger partial charge in [0.25, 0.3) is 0 Å². The van der Waals surface area contributed by atoms with Gasteiger partial charge in [0.1, 0.15) is 6.10 Å². The maximum atomic E-state index is 11.8. The number of nitrogens with one attached hydrogen (secondary N) is 1. The molecule has 0 spiro atoms. The summed E-state index contributed by atoms with van der Waals surface area (Å²) in [5, 5.41) is 34.0. The van der Waals surface area contributed by atoms with E-state index in [0.29, 0.717) is 16.8 Å². The highest BCUT2D eigenvalue weighted by atomic mass is 35.5. The first-order chi connectivity index (χ1) is 14.0. The molecule has 3 aromatic rings. The predicted octanol–water partition coefficient (Wildman–Crippen LogP) is 5.84. The van der Waals surface area contributed by atoms with Crippen molar-refractivity contribution in [3.63, 3.8) is 0 Å². The van der Waals surface area contributed by atoms with Crippen molar-refractivity contribution < 1.29 is 10.3 Å². The minimum Gasteiger partial charge on any atom is -0.733 e. The molecule has 1 aliphatic heterocycles. The van der Waals surface area contributed by atoms with Gasteiger partial charge in [-0.15, -0.1) is 23.2 Å². The first-order valence-electron chi connectivity index (χ1n) is 9.14. The topological polar surface area (TPSA) is 78.8 Å². The van der Waals surface area contributed by atoms with Gasteiger partial charge in [-0.3, -0.25) is 5.21 Å². The molecule has 0 bridgehead atoms. The average molecular weight is 430 g/mol. The molecule has 0 amide bonds. The molecular formula is C22H19Cl2N2O3-. The fraction of sp³-hybridized carbons (Fsp3) is 0.182. The highest BCUT2D eigenvalue weighted by Gasteiger charge is 2.34. The zero-order valence-corrected chi connectivity index (χ0v) is 16.8. The van der Waals surface area contributed by atoms with Gasteiger partial charge >= 0.3 is 0 Å². The number of alkyl halides is 2. The van der Waals surface area contributed by atoms with E-state index in [4.69, 9.17) is 23.2 Å². The van der Waals surface area contributed by atoms with Gasteiger partial charge in [-0.25, -0.2) is 0 Å². The molecule has 1 aliphatic rings. The van der Waals surface area contributed by atoms with Gasteiger partial charge < -0.3 is 20.9 Å². The third kappa shape index (κ3) is 3.80. The van der Waals surface area contributed by atoms with Gasteiger partial charge in [-0.05, 0) is 28.8 Å². The fourth-order valence-corrected chi connectivity index (χ4v) is 4.30. The largest absolute Gasteiger partial charge is 0.733 e. The number of anilines is 2. The highest BCUT2D eigenvalue weighted by molar-refractivity contribution is 6.30. The number of hydrogen-bond donors (Lipinski definition) is 3. The smallest absolute Gasteiger partial charge is 0.105 e. The second kappa shape index (κ2) is 8.22. The molecule has 4 rings (SSSR count). The third-order valence-electron chi connectivity index (χ3n) is 5.18. The zero-order chi connectivity index (χ0) is 20.5. The lowest BCUT2D eigenvalue weighted by Crippen LogP contribution is -2.13. The summed E-state index contributed by atoms with van der Waals surface area (Å²) in [5.74, 6) is 0. The van der Waals surface area contributed by atoms with E-state index in [0.717, 1.165) is 11.1 Å². The summed E-state index contributed by atoms with van der Waals surface area (Å²) < 4.78 is 0. The number of hydrogen-bond acceptors (Lipinski definition) is 5. The van der Waals surface area contributed by atoms with Crippen molar-refractivity contribution in [2.75, 3.05) is 10.5 Å². The summed E-state index contributed by atoms with van der Waals surface area (Å²) in [6, 6.07) is 21.5. The van der Waals surface area contributed by atoms with Gasteiger partial charge in [0.05, 0.1) is 22.5 Å². The van der Waals surface area contributed by atoms with Crippen LogP contribution in [0.3, 0.4) is 0 Å². The Morgan fingerprint density at radius 2 is 1.55 bits per heavy atom. The van der Waals surface area contributed by atoms with Crippen LogP contribution in [0.1, 0.15) is 45.2 Å². The lowest BCUT2D eigenvalue weighted by molar-refractivity contribution is 0.164. The molecule has 3 aromatic carbocycles. The number of aliphatic hydroxyl groups is 1. The number of nitrogens with zero attached hydrogens (tertiary/aromatic N) is 1. The number of halogens is 2. The Hall–Kier alpha value is -2.28. The Morgan fingerprint density at radius 3 is 2.17 bits per heavy atom. The van der Waals surface area contributed by atoms with Crippen molar-refractivity contribution in [2.45, 2.75) is 22.9 Å². The summed E-state index contributed by atoms with van der Waals surface area (Å²) in [5.41, 5.74) is 3.19. The highest BCUT2D eigenvalue weighted by Crippen LogP contribution is 2.49. The lowest BCUT2D eigenvalue weighted by atomic mass is 9.95. The normalized spacial score (nSPS) is 19.9. The monoisotopic (exact) mass is 429 g/mol. The molecule has 0 saturated carbocycles. The molecule has 5 nitrogen and oxygen atoms in total.